The lowest BCUT2D eigenvalue weighted by Gasteiger charge is -2.30. The molecule has 2 heterocycles. The Morgan fingerprint density at radius 1 is 0.244 bits per heavy atom. The van der Waals surface area contributed by atoms with Crippen LogP contribution in [0, 0.1) is 0 Å². The van der Waals surface area contributed by atoms with Gasteiger partial charge in [0.1, 0.15) is 11.2 Å². The van der Waals surface area contributed by atoms with E-state index in [1.165, 1.54) is 94.8 Å². The minimum atomic E-state index is 0.489. The summed E-state index contributed by atoms with van der Waals surface area (Å²) >= 11 is 0. The molecule has 0 unspecified atom stereocenters. The van der Waals surface area contributed by atoms with Crippen molar-refractivity contribution in [3.8, 4) is 44.5 Å². The van der Waals surface area contributed by atoms with Crippen LogP contribution in [0.25, 0.3) is 121 Å². The predicted octanol–water partition coefficient (Wildman–Crippen LogP) is 25.3. The molecule has 2 aliphatic carbocycles. The molecule has 0 aliphatic heterocycles. The maximum Gasteiger partial charge on any atom is 0.159 e. The fraction of sp³-hybridized carbons (Fsp3) is 0.116. The third kappa shape index (κ3) is 8.72. The van der Waals surface area contributed by atoms with E-state index in [2.05, 4.69) is 289 Å². The Balaban J connectivity index is 0.908. The second-order valence-corrected chi connectivity index (χ2v) is 25.2. The van der Waals surface area contributed by atoms with E-state index in [0.29, 0.717) is 11.8 Å². The maximum absolute atomic E-state index is 7.43. The van der Waals surface area contributed by atoms with Crippen LogP contribution in [-0.2, 0) is 0 Å². The van der Waals surface area contributed by atoms with Crippen molar-refractivity contribution < 1.29 is 8.83 Å². The predicted molar refractivity (Wildman–Crippen MR) is 378 cm³/mol. The molecule has 90 heavy (non-hydrogen) atoms. The molecule has 2 fully saturated rings. The number of para-hydroxylation sites is 4. The molecule has 2 aliphatic rings. The molecule has 2 aromatic heterocycles. The van der Waals surface area contributed by atoms with Gasteiger partial charge in [0.2, 0.25) is 0 Å². The first-order valence-corrected chi connectivity index (χ1v) is 32.3. The summed E-state index contributed by atoms with van der Waals surface area (Å²) in [5, 5.41) is 11.7. The Hall–Kier alpha value is -10.7. The highest BCUT2D eigenvalue weighted by atomic mass is 16.3. The van der Waals surface area contributed by atoms with Gasteiger partial charge in [-0.2, -0.15) is 0 Å². The minimum Gasteiger partial charge on any atom is -0.454 e. The molecule has 4 heteroatoms. The SMILES string of the molecule is c1ccc(-c2cc(-c3ccccc3)cc(N(c3ccc4ccc5c(N(c6cc(-c7ccccc7)cc(-c7ccccc7)c6)c6cccc7c6oc6c(C8CCCC8)cccc67)ccc6ccc3c4c65)c3cccc4c3oc3c(C5CCCC5)cccc34)c2)cc1. The summed E-state index contributed by atoms with van der Waals surface area (Å²) in [4.78, 5) is 5.00. The second kappa shape index (κ2) is 21.6. The summed E-state index contributed by atoms with van der Waals surface area (Å²) in [6.45, 7) is 0. The van der Waals surface area contributed by atoms with Crippen molar-refractivity contribution in [1.82, 2.24) is 0 Å². The van der Waals surface area contributed by atoms with Gasteiger partial charge in [0.25, 0.3) is 0 Å². The highest BCUT2D eigenvalue weighted by Gasteiger charge is 2.30. The van der Waals surface area contributed by atoms with Gasteiger partial charge in [-0.05, 0) is 175 Å². The number of fused-ring (bicyclic) bond motifs is 6. The molecule has 430 valence electrons. The average Bonchev–Trinajstić information content (AvgIpc) is 0.802. The topological polar surface area (TPSA) is 32.8 Å². The molecule has 18 rings (SSSR count). The van der Waals surface area contributed by atoms with Crippen molar-refractivity contribution in [1.29, 1.82) is 0 Å². The van der Waals surface area contributed by atoms with Crippen LogP contribution < -0.4 is 9.80 Å². The molecular weight excluding hydrogens is 1090 g/mol. The van der Waals surface area contributed by atoms with Gasteiger partial charge in [0, 0.05) is 43.7 Å². The van der Waals surface area contributed by atoms with Gasteiger partial charge in [-0.1, -0.05) is 244 Å². The molecule has 16 aromatic rings. The van der Waals surface area contributed by atoms with E-state index in [1.54, 1.807) is 0 Å². The molecule has 0 saturated heterocycles. The smallest absolute Gasteiger partial charge is 0.159 e. The Morgan fingerprint density at radius 2 is 0.567 bits per heavy atom. The van der Waals surface area contributed by atoms with Gasteiger partial charge in [-0.25, -0.2) is 0 Å². The first-order valence-electron chi connectivity index (χ1n) is 32.3. The van der Waals surface area contributed by atoms with E-state index in [1.807, 2.05) is 0 Å². The summed E-state index contributed by atoms with van der Waals surface area (Å²) in [6, 6.07) is 104. The van der Waals surface area contributed by atoms with E-state index < -0.39 is 0 Å². The third-order valence-corrected chi connectivity index (χ3v) is 20.0. The zero-order valence-electron chi connectivity index (χ0n) is 50.1. The molecule has 14 aromatic carbocycles. The number of hydrogen-bond acceptors (Lipinski definition) is 4. The molecule has 0 atom stereocenters. The van der Waals surface area contributed by atoms with Gasteiger partial charge in [0.05, 0.1) is 22.7 Å². The summed E-state index contributed by atoms with van der Waals surface area (Å²) in [5.74, 6) is 0.978. The molecule has 0 radical (unpaired) electrons. The van der Waals surface area contributed by atoms with E-state index in [9.17, 15) is 0 Å². The van der Waals surface area contributed by atoms with Crippen molar-refractivity contribution in [2.75, 3.05) is 9.80 Å². The van der Waals surface area contributed by atoms with Gasteiger partial charge >= 0.3 is 0 Å². The van der Waals surface area contributed by atoms with Crippen molar-refractivity contribution >= 4 is 110 Å². The Kier molecular flexibility index (Phi) is 12.6. The summed E-state index contributed by atoms with van der Waals surface area (Å²) < 4.78 is 14.9. The molecule has 0 spiro atoms. The van der Waals surface area contributed by atoms with Crippen LogP contribution in [0.15, 0.2) is 288 Å². The van der Waals surface area contributed by atoms with Gasteiger partial charge in [0.15, 0.2) is 11.2 Å². The third-order valence-electron chi connectivity index (χ3n) is 20.0. The lowest BCUT2D eigenvalue weighted by molar-refractivity contribution is 0.643. The maximum atomic E-state index is 7.43. The highest BCUT2D eigenvalue weighted by molar-refractivity contribution is 6.29. The van der Waals surface area contributed by atoms with Crippen molar-refractivity contribution in [2.45, 2.75) is 63.2 Å². The number of anilines is 6. The van der Waals surface area contributed by atoms with Crippen molar-refractivity contribution in [2.24, 2.45) is 0 Å². The van der Waals surface area contributed by atoms with Crippen LogP contribution in [0.5, 0.6) is 0 Å². The lowest BCUT2D eigenvalue weighted by atomic mass is 9.91. The standard InChI is InChI=1S/C86H64N2O2/c1-5-21-55(22-6-1)63-49-64(56-23-7-2-8-24-56)52-67(51-63)87(79-39-19-37-73-71-35-17-33-69(59-29-13-14-30-59)83(71)89-85(73)79)77-47-43-61-42-46-76-78(48-44-62-41-45-75(77)81(61)82(62)76)88(68-53-65(57-25-9-3-10-26-57)50-66(54-68)58-27-11-4-12-28-58)80-40-20-38-74-72-36-18-34-70(60-31-15-16-32-60)84(72)90-86(74)80/h1-12,17-28,33-54,59-60H,13-16,29-32H2. The molecule has 0 bridgehead atoms. The van der Waals surface area contributed by atoms with Gasteiger partial charge in [-0.3, -0.25) is 0 Å². The number of hydrogen-bond donors (Lipinski definition) is 0. The molecule has 0 N–H and O–H groups in total. The van der Waals surface area contributed by atoms with Crippen LogP contribution in [0.4, 0.5) is 34.1 Å². The van der Waals surface area contributed by atoms with Crippen LogP contribution in [0.1, 0.15) is 74.3 Å². The van der Waals surface area contributed by atoms with Crippen molar-refractivity contribution in [3.63, 3.8) is 0 Å². The van der Waals surface area contributed by atoms with E-state index >= 15 is 0 Å². The Bertz CT molecular complexity index is 4930. The summed E-state index contributed by atoms with van der Waals surface area (Å²) in [7, 11) is 0. The number of rotatable bonds is 12. The largest absolute Gasteiger partial charge is 0.454 e. The zero-order valence-corrected chi connectivity index (χ0v) is 50.1. The number of nitrogens with zero attached hydrogens (tertiary/aromatic N) is 2. The fourth-order valence-corrected chi connectivity index (χ4v) is 15.8. The van der Waals surface area contributed by atoms with Gasteiger partial charge < -0.3 is 18.6 Å². The van der Waals surface area contributed by atoms with Crippen LogP contribution >= 0.6 is 0 Å². The first-order chi connectivity index (χ1) is 44.6. The highest BCUT2D eigenvalue weighted by Crippen LogP contribution is 2.53. The Labute approximate surface area is 523 Å². The monoisotopic (exact) mass is 1160 g/mol. The number of benzene rings is 14. The van der Waals surface area contributed by atoms with Crippen LogP contribution in [0.3, 0.4) is 0 Å². The molecule has 4 nitrogen and oxygen atoms in total. The number of furan rings is 2. The zero-order chi connectivity index (χ0) is 59.2. The van der Waals surface area contributed by atoms with Crippen LogP contribution in [-0.4, -0.2) is 0 Å². The van der Waals surface area contributed by atoms with Gasteiger partial charge in [-0.15, -0.1) is 0 Å². The van der Waals surface area contributed by atoms with E-state index in [4.69, 9.17) is 8.83 Å². The minimum absolute atomic E-state index is 0.489. The van der Waals surface area contributed by atoms with Crippen molar-refractivity contribution in [3.05, 3.63) is 290 Å². The lowest BCUT2D eigenvalue weighted by Crippen LogP contribution is -2.12. The van der Waals surface area contributed by atoms with E-state index in [-0.39, 0.29) is 0 Å². The first kappa shape index (κ1) is 52.4. The summed E-state index contributed by atoms with van der Waals surface area (Å²) in [6.07, 6.45) is 9.79. The van der Waals surface area contributed by atoms with Crippen LogP contribution in [0.2, 0.25) is 0 Å². The molecule has 2 saturated carbocycles. The average molecular weight is 1160 g/mol. The van der Waals surface area contributed by atoms with E-state index in [0.717, 1.165) is 123 Å². The molecule has 0 amide bonds. The molecular formula is C86H64N2O2. The Morgan fingerprint density at radius 3 is 0.922 bits per heavy atom. The quantitative estimate of drug-likeness (QED) is 0.114. The normalized spacial score (nSPS) is 14.0. The fourth-order valence-electron chi connectivity index (χ4n) is 15.8. The summed E-state index contributed by atoms with van der Waals surface area (Å²) in [5.41, 5.74) is 21.9. The second-order valence-electron chi connectivity index (χ2n) is 25.2.